The third-order valence-electron chi connectivity index (χ3n) is 3.94. The summed E-state index contributed by atoms with van der Waals surface area (Å²) in [6.45, 7) is 2.35. The largest absolute Gasteiger partial charge is 0.402 e. The maximum absolute atomic E-state index is 12.2. The van der Waals surface area contributed by atoms with Crippen molar-refractivity contribution in [2.24, 2.45) is 0 Å². The van der Waals surface area contributed by atoms with Gasteiger partial charge < -0.3 is 14.9 Å². The molecule has 1 aromatic carbocycles. The number of methoxy groups -OCH3 is 1. The fourth-order valence-corrected chi connectivity index (χ4v) is 3.99. The number of benzene rings is 1. The summed E-state index contributed by atoms with van der Waals surface area (Å²) in [4.78, 5) is 22.6. The molecule has 3 aromatic heterocycles. The first-order valence-corrected chi connectivity index (χ1v) is 8.48. The van der Waals surface area contributed by atoms with E-state index in [1.165, 1.54) is 11.3 Å². The summed E-state index contributed by atoms with van der Waals surface area (Å²) in [5, 5.41) is 1.27. The molecule has 0 aliphatic rings. The quantitative estimate of drug-likeness (QED) is 0.606. The van der Waals surface area contributed by atoms with Gasteiger partial charge in [-0.05, 0) is 30.7 Å². The zero-order valence-corrected chi connectivity index (χ0v) is 14.5. The first-order valence-electron chi connectivity index (χ1n) is 7.66. The summed E-state index contributed by atoms with van der Waals surface area (Å²) in [7, 11) is 1.63. The summed E-state index contributed by atoms with van der Waals surface area (Å²) in [6, 6.07) is 9.01. The van der Waals surface area contributed by atoms with Crippen LogP contribution in [0.3, 0.4) is 0 Å². The van der Waals surface area contributed by atoms with Crippen LogP contribution < -0.4 is 11.4 Å². The lowest BCUT2D eigenvalue weighted by molar-refractivity contribution is 0.186. The van der Waals surface area contributed by atoms with E-state index in [-0.39, 0.29) is 5.89 Å². The number of aryl methyl sites for hydroxylation is 1. The van der Waals surface area contributed by atoms with E-state index in [2.05, 4.69) is 9.97 Å². The van der Waals surface area contributed by atoms with Gasteiger partial charge in [0.2, 0.25) is 5.89 Å². The number of rotatable bonds is 3. The SMILES string of the molecule is COCc1cc(C)nc2sc(-c3nc4ccccc4c(=O)o3)c(N)c12. The molecular weight excluding hydrogens is 338 g/mol. The topological polar surface area (TPSA) is 91.2 Å². The molecule has 0 bridgehead atoms. The summed E-state index contributed by atoms with van der Waals surface area (Å²) in [5.74, 6) is 0.213. The fourth-order valence-electron chi connectivity index (χ4n) is 2.88. The van der Waals surface area contributed by atoms with E-state index in [4.69, 9.17) is 14.9 Å². The van der Waals surface area contributed by atoms with Crippen molar-refractivity contribution < 1.29 is 9.15 Å². The number of hydrogen-bond donors (Lipinski definition) is 1. The van der Waals surface area contributed by atoms with Gasteiger partial charge in [-0.15, -0.1) is 11.3 Å². The number of ether oxygens (including phenoxy) is 1. The summed E-state index contributed by atoms with van der Waals surface area (Å²) in [5.41, 5.74) is 8.84. The monoisotopic (exact) mass is 353 g/mol. The number of thiophene rings is 1. The van der Waals surface area contributed by atoms with Crippen LogP contribution in [0.1, 0.15) is 11.3 Å². The Morgan fingerprint density at radius 3 is 2.88 bits per heavy atom. The smallest absolute Gasteiger partial charge is 0.347 e. The standard InChI is InChI=1S/C18H15N3O3S/c1-9-7-10(8-23-2)13-14(19)15(25-17(13)20-9)16-21-12-6-4-3-5-11(12)18(22)24-16/h3-7H,8,19H2,1-2H3. The first kappa shape index (κ1) is 15.7. The van der Waals surface area contributed by atoms with Crippen molar-refractivity contribution in [2.45, 2.75) is 13.5 Å². The Morgan fingerprint density at radius 2 is 2.08 bits per heavy atom. The van der Waals surface area contributed by atoms with Crippen LogP contribution >= 0.6 is 11.3 Å². The van der Waals surface area contributed by atoms with Crippen LogP contribution in [0.5, 0.6) is 0 Å². The maximum Gasteiger partial charge on any atom is 0.347 e. The Kier molecular flexibility index (Phi) is 3.74. The van der Waals surface area contributed by atoms with E-state index < -0.39 is 5.63 Å². The first-order chi connectivity index (χ1) is 12.1. The van der Waals surface area contributed by atoms with Gasteiger partial charge in [0, 0.05) is 18.2 Å². The van der Waals surface area contributed by atoms with Crippen molar-refractivity contribution in [2.75, 3.05) is 12.8 Å². The molecule has 7 heteroatoms. The van der Waals surface area contributed by atoms with E-state index >= 15 is 0 Å². The van der Waals surface area contributed by atoms with Crippen LogP contribution in [-0.4, -0.2) is 17.1 Å². The minimum atomic E-state index is -0.432. The molecule has 0 aliphatic heterocycles. The van der Waals surface area contributed by atoms with Crippen molar-refractivity contribution in [3.8, 4) is 10.8 Å². The highest BCUT2D eigenvalue weighted by Crippen LogP contribution is 2.41. The van der Waals surface area contributed by atoms with Gasteiger partial charge in [-0.1, -0.05) is 12.1 Å². The van der Waals surface area contributed by atoms with Gasteiger partial charge in [-0.2, -0.15) is 0 Å². The third kappa shape index (κ3) is 2.57. The zero-order valence-electron chi connectivity index (χ0n) is 13.7. The average Bonchev–Trinajstić information content (AvgIpc) is 2.92. The molecule has 0 fully saturated rings. The van der Waals surface area contributed by atoms with Crippen molar-refractivity contribution in [1.82, 2.24) is 9.97 Å². The van der Waals surface area contributed by atoms with Crippen molar-refractivity contribution >= 4 is 38.1 Å². The number of para-hydroxylation sites is 1. The second kappa shape index (κ2) is 5.94. The molecule has 0 saturated carbocycles. The lowest BCUT2D eigenvalue weighted by Gasteiger charge is -2.04. The van der Waals surface area contributed by atoms with Gasteiger partial charge in [-0.25, -0.2) is 14.8 Å². The highest BCUT2D eigenvalue weighted by atomic mass is 32.1. The molecule has 0 radical (unpaired) electrons. The molecule has 0 aliphatic carbocycles. The molecular formula is C18H15N3O3S. The maximum atomic E-state index is 12.2. The molecule has 0 atom stereocenters. The predicted octanol–water partition coefficient (Wildman–Crippen LogP) is 3.50. The Bertz CT molecular complexity index is 1160. The van der Waals surface area contributed by atoms with Crippen LogP contribution in [0.15, 0.2) is 39.5 Å². The molecule has 0 amide bonds. The van der Waals surface area contributed by atoms with E-state index in [1.807, 2.05) is 19.1 Å². The summed E-state index contributed by atoms with van der Waals surface area (Å²) in [6.07, 6.45) is 0. The molecule has 25 heavy (non-hydrogen) atoms. The lowest BCUT2D eigenvalue weighted by Crippen LogP contribution is -2.02. The van der Waals surface area contributed by atoms with Crippen molar-refractivity contribution in [1.29, 1.82) is 0 Å². The van der Waals surface area contributed by atoms with E-state index in [1.54, 1.807) is 25.3 Å². The number of fused-ring (bicyclic) bond motifs is 2. The normalized spacial score (nSPS) is 11.4. The average molecular weight is 353 g/mol. The third-order valence-corrected chi connectivity index (χ3v) is 5.03. The minimum absolute atomic E-state index is 0.213. The van der Waals surface area contributed by atoms with Crippen LogP contribution in [0.4, 0.5) is 5.69 Å². The minimum Gasteiger partial charge on any atom is -0.402 e. The number of nitrogen functional groups attached to an aromatic ring is 1. The van der Waals surface area contributed by atoms with Crippen LogP contribution in [-0.2, 0) is 11.3 Å². The summed E-state index contributed by atoms with van der Waals surface area (Å²) >= 11 is 1.36. The van der Waals surface area contributed by atoms with Crippen molar-refractivity contribution in [3.05, 3.63) is 52.0 Å². The Hall–Kier alpha value is -2.77. The van der Waals surface area contributed by atoms with Gasteiger partial charge >= 0.3 is 5.63 Å². The molecule has 4 rings (SSSR count). The second-order valence-corrected chi connectivity index (χ2v) is 6.70. The Morgan fingerprint density at radius 1 is 1.28 bits per heavy atom. The molecule has 126 valence electrons. The number of hydrogen-bond acceptors (Lipinski definition) is 7. The lowest BCUT2D eigenvalue weighted by atomic mass is 10.1. The predicted molar refractivity (Wildman–Crippen MR) is 98.8 cm³/mol. The number of nitrogens with two attached hydrogens (primary N) is 1. The van der Waals surface area contributed by atoms with Gasteiger partial charge in [-0.3, -0.25) is 0 Å². The van der Waals surface area contributed by atoms with Crippen LogP contribution in [0.2, 0.25) is 0 Å². The van der Waals surface area contributed by atoms with Gasteiger partial charge in [0.25, 0.3) is 0 Å². The molecule has 6 nitrogen and oxygen atoms in total. The molecule has 0 spiro atoms. The highest BCUT2D eigenvalue weighted by Gasteiger charge is 2.20. The van der Waals surface area contributed by atoms with Crippen LogP contribution in [0, 0.1) is 6.92 Å². The van der Waals surface area contributed by atoms with E-state index in [0.717, 1.165) is 21.5 Å². The van der Waals surface area contributed by atoms with Gasteiger partial charge in [0.05, 0.1) is 23.2 Å². The molecule has 4 aromatic rings. The Balaban J connectivity index is 2.00. The number of anilines is 1. The zero-order chi connectivity index (χ0) is 17.6. The van der Waals surface area contributed by atoms with Crippen LogP contribution in [0.25, 0.3) is 31.9 Å². The van der Waals surface area contributed by atoms with Gasteiger partial charge in [0.1, 0.15) is 9.71 Å². The Labute approximate surface area is 146 Å². The number of aromatic nitrogens is 2. The number of pyridine rings is 1. The second-order valence-electron chi connectivity index (χ2n) is 5.70. The number of nitrogens with zero attached hydrogens (tertiary/aromatic N) is 2. The molecule has 2 N–H and O–H groups in total. The fraction of sp³-hybridized carbons (Fsp3) is 0.167. The van der Waals surface area contributed by atoms with E-state index in [0.29, 0.717) is 28.1 Å². The van der Waals surface area contributed by atoms with Gasteiger partial charge in [0.15, 0.2) is 0 Å². The summed E-state index contributed by atoms with van der Waals surface area (Å²) < 4.78 is 10.7. The molecule has 0 unspecified atom stereocenters. The highest BCUT2D eigenvalue weighted by molar-refractivity contribution is 7.22. The van der Waals surface area contributed by atoms with E-state index in [9.17, 15) is 4.79 Å². The molecule has 0 saturated heterocycles. The van der Waals surface area contributed by atoms with Crippen molar-refractivity contribution in [3.63, 3.8) is 0 Å². The molecule has 3 heterocycles.